The van der Waals surface area contributed by atoms with Gasteiger partial charge in [0.2, 0.25) is 5.91 Å². The number of piperazine rings is 1. The van der Waals surface area contributed by atoms with E-state index in [2.05, 4.69) is 22.0 Å². The molecule has 3 fully saturated rings. The van der Waals surface area contributed by atoms with Crippen LogP contribution in [0.15, 0.2) is 0 Å². The molecule has 0 radical (unpaired) electrons. The van der Waals surface area contributed by atoms with Gasteiger partial charge in [0.1, 0.15) is 0 Å². The highest BCUT2D eigenvalue weighted by Crippen LogP contribution is 2.25. The number of nitrogens with zero attached hydrogens (tertiary/aromatic N) is 2. The monoisotopic (exact) mass is 287 g/mol. The second-order valence-electron chi connectivity index (χ2n) is 6.19. The molecule has 0 aliphatic carbocycles. The Morgan fingerprint density at radius 1 is 1.21 bits per heavy atom. The molecule has 0 bridgehead atoms. The minimum absolute atomic E-state index is 0. The molecule has 110 valence electrons. The third-order valence-corrected chi connectivity index (χ3v) is 4.87. The molecule has 0 aromatic rings. The lowest BCUT2D eigenvalue weighted by molar-refractivity contribution is -0.139. The maximum absolute atomic E-state index is 12.6. The zero-order valence-corrected chi connectivity index (χ0v) is 12.6. The van der Waals surface area contributed by atoms with Gasteiger partial charge in [-0.25, -0.2) is 0 Å². The van der Waals surface area contributed by atoms with Crippen molar-refractivity contribution in [1.29, 1.82) is 0 Å². The van der Waals surface area contributed by atoms with Crippen molar-refractivity contribution >= 4 is 18.3 Å². The first-order valence-corrected chi connectivity index (χ1v) is 7.50. The lowest BCUT2D eigenvalue weighted by Gasteiger charge is -2.40. The van der Waals surface area contributed by atoms with E-state index in [0.29, 0.717) is 18.0 Å². The van der Waals surface area contributed by atoms with Gasteiger partial charge in [0.25, 0.3) is 0 Å². The molecule has 0 aromatic heterocycles. The van der Waals surface area contributed by atoms with Gasteiger partial charge in [-0.15, -0.1) is 12.4 Å². The molecule has 5 heteroatoms. The number of nitrogens with one attached hydrogen (secondary N) is 1. The fraction of sp³-hybridized carbons (Fsp3) is 0.929. The van der Waals surface area contributed by atoms with E-state index >= 15 is 0 Å². The lowest BCUT2D eigenvalue weighted by atomic mass is 9.91. The summed E-state index contributed by atoms with van der Waals surface area (Å²) >= 11 is 0. The summed E-state index contributed by atoms with van der Waals surface area (Å²) in [6, 6.07) is 1.15. The third kappa shape index (κ3) is 3.23. The first kappa shape index (κ1) is 15.1. The van der Waals surface area contributed by atoms with Crippen LogP contribution in [0.3, 0.4) is 0 Å². The lowest BCUT2D eigenvalue weighted by Crippen LogP contribution is -2.54. The molecular weight excluding hydrogens is 262 g/mol. The predicted molar refractivity (Wildman–Crippen MR) is 78.6 cm³/mol. The summed E-state index contributed by atoms with van der Waals surface area (Å²) < 4.78 is 0. The van der Waals surface area contributed by atoms with Crippen molar-refractivity contribution in [3.05, 3.63) is 0 Å². The number of amides is 1. The minimum atomic E-state index is 0. The molecule has 3 rings (SSSR count). The molecule has 19 heavy (non-hydrogen) atoms. The Kier molecular flexibility index (Phi) is 5.09. The summed E-state index contributed by atoms with van der Waals surface area (Å²) in [5, 5.41) is 3.43. The molecule has 3 aliphatic heterocycles. The van der Waals surface area contributed by atoms with Crippen molar-refractivity contribution in [1.82, 2.24) is 15.1 Å². The molecule has 1 amide bonds. The van der Waals surface area contributed by atoms with E-state index in [1.54, 1.807) is 0 Å². The first-order valence-electron chi connectivity index (χ1n) is 7.50. The molecule has 0 saturated carbocycles. The van der Waals surface area contributed by atoms with Crippen LogP contribution < -0.4 is 5.32 Å². The van der Waals surface area contributed by atoms with Crippen LogP contribution in [0.25, 0.3) is 0 Å². The van der Waals surface area contributed by atoms with Crippen molar-refractivity contribution < 1.29 is 4.79 Å². The van der Waals surface area contributed by atoms with E-state index < -0.39 is 0 Å². The van der Waals surface area contributed by atoms with Gasteiger partial charge in [0, 0.05) is 37.6 Å². The van der Waals surface area contributed by atoms with Crippen molar-refractivity contribution in [2.75, 3.05) is 32.7 Å². The number of fused-ring (bicyclic) bond motifs is 1. The Hall–Kier alpha value is -0.320. The number of halogens is 1. The SMILES string of the molecule is C[C@H]1C[C@@H](C(=O)N2CCN3CCCC3C2)CCN1.Cl. The van der Waals surface area contributed by atoms with Crippen LogP contribution in [0.1, 0.15) is 32.6 Å². The fourth-order valence-corrected chi connectivity index (χ4v) is 3.81. The number of rotatable bonds is 1. The van der Waals surface area contributed by atoms with Gasteiger partial charge in [-0.2, -0.15) is 0 Å². The largest absolute Gasteiger partial charge is 0.340 e. The zero-order valence-electron chi connectivity index (χ0n) is 11.8. The molecule has 3 aliphatic rings. The van der Waals surface area contributed by atoms with Crippen LogP contribution in [0.4, 0.5) is 0 Å². The van der Waals surface area contributed by atoms with Crippen LogP contribution >= 0.6 is 12.4 Å². The number of hydrogen-bond donors (Lipinski definition) is 1. The molecule has 3 heterocycles. The second kappa shape index (κ2) is 6.42. The van der Waals surface area contributed by atoms with Crippen LogP contribution in [-0.2, 0) is 4.79 Å². The summed E-state index contributed by atoms with van der Waals surface area (Å²) in [6.07, 6.45) is 4.64. The highest BCUT2D eigenvalue weighted by atomic mass is 35.5. The van der Waals surface area contributed by atoms with E-state index in [0.717, 1.165) is 39.0 Å². The maximum atomic E-state index is 12.6. The number of piperidine rings is 1. The third-order valence-electron chi connectivity index (χ3n) is 4.87. The van der Waals surface area contributed by atoms with Crippen LogP contribution in [-0.4, -0.2) is 60.5 Å². The van der Waals surface area contributed by atoms with Crippen molar-refractivity contribution in [3.8, 4) is 0 Å². The summed E-state index contributed by atoms with van der Waals surface area (Å²) in [4.78, 5) is 17.3. The van der Waals surface area contributed by atoms with E-state index in [1.165, 1.54) is 19.4 Å². The highest BCUT2D eigenvalue weighted by molar-refractivity contribution is 5.85. The van der Waals surface area contributed by atoms with Crippen molar-refractivity contribution in [2.24, 2.45) is 5.92 Å². The number of carbonyl (C=O) groups is 1. The molecule has 3 atom stereocenters. The zero-order chi connectivity index (χ0) is 12.5. The Balaban J connectivity index is 0.00000133. The van der Waals surface area contributed by atoms with Crippen molar-refractivity contribution in [3.63, 3.8) is 0 Å². The minimum Gasteiger partial charge on any atom is -0.340 e. The van der Waals surface area contributed by atoms with Crippen LogP contribution in [0, 0.1) is 5.92 Å². The molecule has 1 N–H and O–H groups in total. The predicted octanol–water partition coefficient (Wildman–Crippen LogP) is 1.10. The summed E-state index contributed by atoms with van der Waals surface area (Å²) in [7, 11) is 0. The Bertz CT molecular complexity index is 326. The van der Waals surface area contributed by atoms with Gasteiger partial charge in [0.15, 0.2) is 0 Å². The molecule has 1 unspecified atom stereocenters. The standard InChI is InChI=1S/C14H25N3O.ClH/c1-11-9-12(4-5-15-11)14(18)17-8-7-16-6-2-3-13(16)10-17;/h11-13,15H,2-10H2,1H3;1H/t11-,12-,13?;/m0./s1. The smallest absolute Gasteiger partial charge is 0.225 e. The van der Waals surface area contributed by atoms with E-state index in [1.807, 2.05) is 0 Å². The summed E-state index contributed by atoms with van der Waals surface area (Å²) in [5.41, 5.74) is 0. The fourth-order valence-electron chi connectivity index (χ4n) is 3.81. The van der Waals surface area contributed by atoms with Gasteiger partial charge >= 0.3 is 0 Å². The molecule has 3 saturated heterocycles. The average Bonchev–Trinajstić information content (AvgIpc) is 2.85. The van der Waals surface area contributed by atoms with E-state index in [4.69, 9.17) is 0 Å². The van der Waals surface area contributed by atoms with Crippen molar-refractivity contribution in [2.45, 2.75) is 44.7 Å². The Labute approximate surface area is 122 Å². The van der Waals surface area contributed by atoms with Gasteiger partial charge in [-0.05, 0) is 45.7 Å². The van der Waals surface area contributed by atoms with Gasteiger partial charge < -0.3 is 10.2 Å². The maximum Gasteiger partial charge on any atom is 0.225 e. The number of hydrogen-bond acceptors (Lipinski definition) is 3. The number of carbonyl (C=O) groups excluding carboxylic acids is 1. The summed E-state index contributed by atoms with van der Waals surface area (Å²) in [6.45, 7) is 7.47. The molecule has 0 aromatic carbocycles. The first-order chi connectivity index (χ1) is 8.74. The van der Waals surface area contributed by atoms with Crippen LogP contribution in [0.2, 0.25) is 0 Å². The molecular formula is C14H26ClN3O. The second-order valence-corrected chi connectivity index (χ2v) is 6.19. The van der Waals surface area contributed by atoms with E-state index in [-0.39, 0.29) is 18.3 Å². The Morgan fingerprint density at radius 3 is 2.84 bits per heavy atom. The average molecular weight is 288 g/mol. The van der Waals surface area contributed by atoms with Gasteiger partial charge in [0.05, 0.1) is 0 Å². The van der Waals surface area contributed by atoms with Gasteiger partial charge in [-0.1, -0.05) is 0 Å². The Morgan fingerprint density at radius 2 is 2.05 bits per heavy atom. The topological polar surface area (TPSA) is 35.6 Å². The normalized spacial score (nSPS) is 35.6. The van der Waals surface area contributed by atoms with Gasteiger partial charge in [-0.3, -0.25) is 9.69 Å². The summed E-state index contributed by atoms with van der Waals surface area (Å²) in [5.74, 6) is 0.698. The molecule has 0 spiro atoms. The molecule has 4 nitrogen and oxygen atoms in total. The highest BCUT2D eigenvalue weighted by Gasteiger charge is 2.35. The van der Waals surface area contributed by atoms with Crippen LogP contribution in [0.5, 0.6) is 0 Å². The quantitative estimate of drug-likeness (QED) is 0.785. The van der Waals surface area contributed by atoms with E-state index in [9.17, 15) is 4.79 Å².